The fourth-order valence-corrected chi connectivity index (χ4v) is 5.37. The van der Waals surface area contributed by atoms with Gasteiger partial charge in [0.05, 0.1) is 0 Å². The van der Waals surface area contributed by atoms with Crippen molar-refractivity contribution in [3.63, 3.8) is 0 Å². The molecule has 0 aliphatic heterocycles. The number of nitrogens with one attached hydrogen (secondary N) is 2. The third kappa shape index (κ3) is 10.3. The maximum absolute atomic E-state index is 13.1. The summed E-state index contributed by atoms with van der Waals surface area (Å²) >= 11 is -0.998. The smallest absolute Gasteiger partial charge is 0.243 e. The molecule has 1 aromatic rings. The van der Waals surface area contributed by atoms with Crippen molar-refractivity contribution in [3.05, 3.63) is 47.6 Å². The zero-order valence-electron chi connectivity index (χ0n) is 19.9. The van der Waals surface area contributed by atoms with E-state index in [1.807, 2.05) is 6.07 Å². The predicted molar refractivity (Wildman–Crippen MR) is 135 cm³/mol. The molecule has 7 nitrogen and oxygen atoms in total. The van der Waals surface area contributed by atoms with Crippen LogP contribution in [0.2, 0.25) is 0 Å². The van der Waals surface area contributed by atoms with Crippen molar-refractivity contribution < 1.29 is 19.2 Å². The first kappa shape index (κ1) is 27.4. The van der Waals surface area contributed by atoms with Gasteiger partial charge in [-0.15, -0.1) is 4.31 Å². The lowest BCUT2D eigenvalue weighted by Crippen LogP contribution is -2.41. The summed E-state index contributed by atoms with van der Waals surface area (Å²) < 4.78 is 20.3. The number of likely N-dealkylation sites (N-methyl/N-ethyl adjacent to an activating group) is 1. The molecule has 2 atom stereocenters. The number of hydrogen-bond donors (Lipinski definition) is 3. The summed E-state index contributed by atoms with van der Waals surface area (Å²) in [6, 6.07) is 5.22. The lowest BCUT2D eigenvalue weighted by atomic mass is 10.0. The number of amides is 1. The first-order chi connectivity index (χ1) is 16.0. The van der Waals surface area contributed by atoms with Gasteiger partial charge < -0.3 is 25.0 Å². The van der Waals surface area contributed by atoms with E-state index in [9.17, 15) is 14.5 Å². The number of benzene rings is 1. The Morgan fingerprint density at radius 2 is 2.15 bits per heavy atom. The van der Waals surface area contributed by atoms with Crippen molar-refractivity contribution in [1.82, 2.24) is 14.9 Å². The third-order valence-electron chi connectivity index (χ3n) is 5.60. The molecule has 0 fully saturated rings. The highest BCUT2D eigenvalue weighted by atomic mass is 32.2. The second-order valence-corrected chi connectivity index (χ2v) is 9.81. The van der Waals surface area contributed by atoms with Crippen LogP contribution in [0.15, 0.2) is 36.4 Å². The van der Waals surface area contributed by atoms with Gasteiger partial charge in [0, 0.05) is 57.7 Å². The molecule has 8 heteroatoms. The van der Waals surface area contributed by atoms with E-state index < -0.39 is 11.4 Å². The van der Waals surface area contributed by atoms with Crippen molar-refractivity contribution in [2.24, 2.45) is 0 Å². The maximum atomic E-state index is 13.1. The summed E-state index contributed by atoms with van der Waals surface area (Å²) in [5.41, 5.74) is 1.90. The van der Waals surface area contributed by atoms with Crippen LogP contribution in [-0.4, -0.2) is 72.1 Å². The van der Waals surface area contributed by atoms with Crippen molar-refractivity contribution in [2.75, 3.05) is 46.9 Å². The maximum Gasteiger partial charge on any atom is 0.243 e. The Morgan fingerprint density at radius 3 is 2.88 bits per heavy atom. The molecular formula is C25H39N3O4S. The minimum absolute atomic E-state index is 0.130. The molecule has 1 amide bonds. The van der Waals surface area contributed by atoms with E-state index in [2.05, 4.69) is 27.1 Å². The number of aromatic hydroxyl groups is 1. The Kier molecular flexibility index (Phi) is 13.2. The van der Waals surface area contributed by atoms with Crippen LogP contribution in [-0.2, 0) is 27.3 Å². The zero-order valence-corrected chi connectivity index (χ0v) is 20.7. The summed E-state index contributed by atoms with van der Waals surface area (Å²) in [5, 5.41) is 15.9. The van der Waals surface area contributed by atoms with Crippen LogP contribution in [0.5, 0.6) is 5.75 Å². The van der Waals surface area contributed by atoms with Crippen LogP contribution in [0.4, 0.5) is 0 Å². The van der Waals surface area contributed by atoms with Gasteiger partial charge in [-0.25, -0.2) is 0 Å². The number of phenolic OH excluding ortho intramolecular Hbond substituents is 1. The lowest BCUT2D eigenvalue weighted by molar-refractivity contribution is -0.115. The van der Waals surface area contributed by atoms with Crippen LogP contribution in [0.3, 0.4) is 0 Å². The van der Waals surface area contributed by atoms with Crippen molar-refractivity contribution in [3.8, 4) is 5.75 Å². The van der Waals surface area contributed by atoms with E-state index in [1.165, 1.54) is 6.08 Å². The molecule has 1 aliphatic rings. The predicted octanol–water partition coefficient (Wildman–Crippen LogP) is 2.78. The van der Waals surface area contributed by atoms with Gasteiger partial charge in [0.15, 0.2) is 5.25 Å². The van der Waals surface area contributed by atoms with Crippen LogP contribution in [0.25, 0.3) is 6.08 Å². The van der Waals surface area contributed by atoms with E-state index in [4.69, 9.17) is 4.74 Å². The van der Waals surface area contributed by atoms with Gasteiger partial charge in [0.1, 0.15) is 5.75 Å². The second-order valence-electron chi connectivity index (χ2n) is 8.13. The molecule has 3 N–H and O–H groups in total. The Balaban J connectivity index is 1.79. The summed E-state index contributed by atoms with van der Waals surface area (Å²) in [6.07, 6.45) is 13.2. The van der Waals surface area contributed by atoms with Gasteiger partial charge in [0.2, 0.25) is 5.91 Å². The molecule has 184 valence electrons. The van der Waals surface area contributed by atoms with Crippen molar-refractivity contribution in [2.45, 2.75) is 43.8 Å². The normalized spacial score (nSPS) is 17.0. The molecule has 2 unspecified atom stereocenters. The van der Waals surface area contributed by atoms with Crippen molar-refractivity contribution >= 4 is 23.3 Å². The molecule has 0 saturated carbocycles. The quantitative estimate of drug-likeness (QED) is 0.156. The Morgan fingerprint density at radius 1 is 1.33 bits per heavy atom. The van der Waals surface area contributed by atoms with Gasteiger partial charge in [0.25, 0.3) is 0 Å². The molecule has 0 heterocycles. The topological polar surface area (TPSA) is 96.9 Å². The highest BCUT2D eigenvalue weighted by molar-refractivity contribution is 7.89. The molecule has 0 aromatic heterocycles. The van der Waals surface area contributed by atoms with Gasteiger partial charge in [-0.1, -0.05) is 12.1 Å². The van der Waals surface area contributed by atoms with Crippen LogP contribution in [0, 0.1) is 0 Å². The fourth-order valence-electron chi connectivity index (χ4n) is 3.76. The molecule has 0 spiro atoms. The first-order valence-electron chi connectivity index (χ1n) is 11.8. The van der Waals surface area contributed by atoms with E-state index >= 15 is 0 Å². The summed E-state index contributed by atoms with van der Waals surface area (Å²) in [7, 11) is 3.28. The number of ether oxygens (including phenoxy) is 1. The van der Waals surface area contributed by atoms with Crippen LogP contribution >= 0.6 is 0 Å². The van der Waals surface area contributed by atoms with Gasteiger partial charge in [-0.05, 0) is 80.6 Å². The van der Waals surface area contributed by atoms with Gasteiger partial charge in [-0.2, -0.15) is 0 Å². The number of carbonyl (C=O) groups excluding carboxylic acids is 1. The third-order valence-corrected chi connectivity index (χ3v) is 7.39. The Hall–Kier alpha value is -1.84. The number of methoxy groups -OCH3 is 1. The molecule has 2 rings (SSSR count). The molecule has 0 bridgehead atoms. The number of hydrogen-bond acceptors (Lipinski definition) is 6. The van der Waals surface area contributed by atoms with Crippen LogP contribution in [0.1, 0.15) is 43.2 Å². The van der Waals surface area contributed by atoms with Crippen molar-refractivity contribution in [1.29, 1.82) is 0 Å². The monoisotopic (exact) mass is 477 g/mol. The number of phenols is 1. The van der Waals surface area contributed by atoms with E-state index in [1.54, 1.807) is 32.4 Å². The Labute approximate surface area is 201 Å². The average molecular weight is 478 g/mol. The van der Waals surface area contributed by atoms with E-state index in [0.29, 0.717) is 6.61 Å². The number of carbonyl (C=O) groups is 1. The lowest BCUT2D eigenvalue weighted by Gasteiger charge is -2.30. The van der Waals surface area contributed by atoms with Crippen LogP contribution < -0.4 is 10.6 Å². The fraction of sp³-hybridized carbons (Fsp3) is 0.560. The summed E-state index contributed by atoms with van der Waals surface area (Å²) in [4.78, 5) is 11.5. The number of rotatable bonds is 15. The molecule has 0 radical (unpaired) electrons. The highest BCUT2D eigenvalue weighted by Crippen LogP contribution is 2.22. The van der Waals surface area contributed by atoms with Gasteiger partial charge in [-0.3, -0.25) is 4.79 Å². The number of nitrogens with zero attached hydrogens (tertiary/aromatic N) is 1. The summed E-state index contributed by atoms with van der Waals surface area (Å²) in [6.45, 7) is 3.85. The number of allylic oxidation sites excluding steroid dienone is 1. The Bertz CT molecular complexity index is 772. The SMILES string of the molecule is CNC(=O)/C=C\c1cc(O)ccc1CCNCCCN(CCCOC)[S+]([O-])C1C=CCCC1. The molecule has 0 saturated heterocycles. The van der Waals surface area contributed by atoms with E-state index in [-0.39, 0.29) is 16.9 Å². The second kappa shape index (κ2) is 15.9. The van der Waals surface area contributed by atoms with E-state index in [0.717, 1.165) is 75.8 Å². The molecule has 33 heavy (non-hydrogen) atoms. The minimum atomic E-state index is -0.998. The molecular weight excluding hydrogens is 438 g/mol. The highest BCUT2D eigenvalue weighted by Gasteiger charge is 2.28. The van der Waals surface area contributed by atoms with Gasteiger partial charge >= 0.3 is 0 Å². The standard InChI is InChI=1S/C25H39N3O4S/c1-26-25(30)13-11-22-20-23(29)12-10-21(22)14-16-27-15-6-17-28(18-7-19-32-2)33(31)24-8-4-3-5-9-24/h4,8,10-13,20,24,27,29H,3,5-7,9,14-19H2,1-2H3,(H,26,30)/b13-11-. The molecule has 1 aromatic carbocycles. The summed E-state index contributed by atoms with van der Waals surface area (Å²) in [5.74, 6) is -0.00350. The minimum Gasteiger partial charge on any atom is -0.597 e. The zero-order chi connectivity index (χ0) is 23.9. The largest absolute Gasteiger partial charge is 0.597 e. The first-order valence-corrected chi connectivity index (χ1v) is 13.0. The molecule has 1 aliphatic carbocycles. The average Bonchev–Trinajstić information content (AvgIpc) is 2.84.